The van der Waals surface area contributed by atoms with Crippen LogP contribution in [0.4, 0.5) is 0 Å². The third-order valence-corrected chi connectivity index (χ3v) is 4.37. The van der Waals surface area contributed by atoms with Gasteiger partial charge in [-0.25, -0.2) is 0 Å². The summed E-state index contributed by atoms with van der Waals surface area (Å²) < 4.78 is 5.65. The number of nitrogens with one attached hydrogen (secondary N) is 2. The van der Waals surface area contributed by atoms with E-state index in [1.54, 1.807) is 0 Å². The molecule has 2 N–H and O–H groups in total. The van der Waals surface area contributed by atoms with E-state index in [2.05, 4.69) is 17.6 Å². The number of carbonyl (C=O) groups is 1. The van der Waals surface area contributed by atoms with Crippen LogP contribution in [0.25, 0.3) is 0 Å². The number of ether oxygens (including phenoxy) is 1. The van der Waals surface area contributed by atoms with Gasteiger partial charge in [0.2, 0.25) is 5.91 Å². The van der Waals surface area contributed by atoms with E-state index < -0.39 is 0 Å². The number of hydrogen-bond acceptors (Lipinski definition) is 3. The van der Waals surface area contributed by atoms with Crippen LogP contribution >= 0.6 is 12.4 Å². The molecule has 0 radical (unpaired) electrons. The number of amides is 1. The van der Waals surface area contributed by atoms with Crippen LogP contribution in [-0.4, -0.2) is 38.3 Å². The van der Waals surface area contributed by atoms with Gasteiger partial charge in [-0.2, -0.15) is 0 Å². The SMILES string of the molecule is CC1(CNC(=O)CCC2CCCCO2)CCCNC1.Cl. The highest BCUT2D eigenvalue weighted by Crippen LogP contribution is 2.24. The second-order valence-electron chi connectivity index (χ2n) is 6.39. The van der Waals surface area contributed by atoms with E-state index >= 15 is 0 Å². The molecule has 1 amide bonds. The maximum atomic E-state index is 11.9. The third-order valence-electron chi connectivity index (χ3n) is 4.37. The molecule has 118 valence electrons. The number of piperidine rings is 1. The summed E-state index contributed by atoms with van der Waals surface area (Å²) >= 11 is 0. The molecule has 5 heteroatoms. The summed E-state index contributed by atoms with van der Waals surface area (Å²) in [6, 6.07) is 0. The summed E-state index contributed by atoms with van der Waals surface area (Å²) in [6.45, 7) is 6.05. The first-order chi connectivity index (χ1) is 9.18. The van der Waals surface area contributed by atoms with Crippen LogP contribution in [0.15, 0.2) is 0 Å². The van der Waals surface area contributed by atoms with Crippen LogP contribution < -0.4 is 10.6 Å². The Morgan fingerprint density at radius 2 is 2.25 bits per heavy atom. The molecule has 0 saturated carbocycles. The molecule has 0 aromatic rings. The Kier molecular flexibility index (Phi) is 7.85. The van der Waals surface area contributed by atoms with E-state index in [1.807, 2.05) is 0 Å². The molecule has 20 heavy (non-hydrogen) atoms. The monoisotopic (exact) mass is 304 g/mol. The molecule has 0 aromatic heterocycles. The van der Waals surface area contributed by atoms with Crippen molar-refractivity contribution in [2.45, 2.75) is 58.0 Å². The lowest BCUT2D eigenvalue weighted by molar-refractivity contribution is -0.122. The van der Waals surface area contributed by atoms with E-state index in [-0.39, 0.29) is 23.7 Å². The summed E-state index contributed by atoms with van der Waals surface area (Å²) in [5.74, 6) is 0.181. The minimum Gasteiger partial charge on any atom is -0.378 e. The highest BCUT2D eigenvalue weighted by molar-refractivity contribution is 5.85. The third kappa shape index (κ3) is 5.98. The molecule has 2 saturated heterocycles. The zero-order valence-electron chi connectivity index (χ0n) is 12.6. The van der Waals surface area contributed by atoms with Crippen LogP contribution in [0, 0.1) is 5.41 Å². The molecule has 0 aliphatic carbocycles. The van der Waals surface area contributed by atoms with E-state index in [0.29, 0.717) is 12.5 Å². The van der Waals surface area contributed by atoms with Crippen molar-refractivity contribution in [3.8, 4) is 0 Å². The quantitative estimate of drug-likeness (QED) is 0.819. The van der Waals surface area contributed by atoms with Crippen molar-refractivity contribution in [3.05, 3.63) is 0 Å². The number of carbonyl (C=O) groups excluding carboxylic acids is 1. The molecule has 2 atom stereocenters. The van der Waals surface area contributed by atoms with E-state index in [9.17, 15) is 4.79 Å². The Bertz CT molecular complexity index is 288. The van der Waals surface area contributed by atoms with E-state index in [0.717, 1.165) is 39.1 Å². The Morgan fingerprint density at radius 3 is 2.90 bits per heavy atom. The smallest absolute Gasteiger partial charge is 0.220 e. The zero-order chi connectivity index (χ0) is 13.6. The van der Waals surface area contributed by atoms with Gasteiger partial charge in [-0.3, -0.25) is 4.79 Å². The molecule has 0 bridgehead atoms. The van der Waals surface area contributed by atoms with Crippen molar-refractivity contribution in [2.24, 2.45) is 5.41 Å². The molecule has 2 unspecified atom stereocenters. The van der Waals surface area contributed by atoms with Crippen molar-refractivity contribution < 1.29 is 9.53 Å². The van der Waals surface area contributed by atoms with Crippen molar-refractivity contribution in [3.63, 3.8) is 0 Å². The van der Waals surface area contributed by atoms with Crippen LogP contribution in [-0.2, 0) is 9.53 Å². The fraction of sp³-hybridized carbons (Fsp3) is 0.933. The molecule has 2 aliphatic rings. The summed E-state index contributed by atoms with van der Waals surface area (Å²) in [7, 11) is 0. The lowest BCUT2D eigenvalue weighted by Crippen LogP contribution is -2.45. The Balaban J connectivity index is 0.00000200. The maximum absolute atomic E-state index is 11.9. The predicted molar refractivity (Wildman–Crippen MR) is 83.3 cm³/mol. The average Bonchev–Trinajstić information content (AvgIpc) is 2.45. The first-order valence-corrected chi connectivity index (χ1v) is 7.77. The van der Waals surface area contributed by atoms with Crippen LogP contribution in [0.3, 0.4) is 0 Å². The summed E-state index contributed by atoms with van der Waals surface area (Å²) in [5, 5.41) is 6.51. The first-order valence-electron chi connectivity index (χ1n) is 7.77. The van der Waals surface area contributed by atoms with Gasteiger partial charge in [-0.1, -0.05) is 6.92 Å². The van der Waals surface area contributed by atoms with Gasteiger partial charge in [-0.15, -0.1) is 12.4 Å². The summed E-state index contributed by atoms with van der Waals surface area (Å²) in [6.07, 6.45) is 7.74. The topological polar surface area (TPSA) is 50.4 Å². The van der Waals surface area contributed by atoms with Crippen molar-refractivity contribution in [2.75, 3.05) is 26.2 Å². The van der Waals surface area contributed by atoms with Crippen LogP contribution in [0.1, 0.15) is 51.9 Å². The standard InChI is InChI=1S/C15H28N2O2.ClH/c1-15(8-4-9-16-11-15)12-17-14(18)7-6-13-5-2-3-10-19-13;/h13,16H,2-12H2,1H3,(H,17,18);1H. The average molecular weight is 305 g/mol. The maximum Gasteiger partial charge on any atom is 0.220 e. The zero-order valence-corrected chi connectivity index (χ0v) is 13.4. The van der Waals surface area contributed by atoms with Gasteiger partial charge >= 0.3 is 0 Å². The number of hydrogen-bond donors (Lipinski definition) is 2. The minimum atomic E-state index is 0. The highest BCUT2D eigenvalue weighted by atomic mass is 35.5. The fourth-order valence-corrected chi connectivity index (χ4v) is 3.00. The molecule has 2 rings (SSSR count). The van der Waals surface area contributed by atoms with Crippen molar-refractivity contribution >= 4 is 18.3 Å². The molecule has 2 fully saturated rings. The molecule has 0 spiro atoms. The van der Waals surface area contributed by atoms with E-state index in [4.69, 9.17) is 4.74 Å². The number of halogens is 1. The lowest BCUT2D eigenvalue weighted by atomic mass is 9.83. The van der Waals surface area contributed by atoms with Gasteiger partial charge < -0.3 is 15.4 Å². The molecule has 2 aliphatic heterocycles. The highest BCUT2D eigenvalue weighted by Gasteiger charge is 2.27. The largest absolute Gasteiger partial charge is 0.378 e. The first kappa shape index (κ1) is 17.7. The van der Waals surface area contributed by atoms with Gasteiger partial charge in [0.25, 0.3) is 0 Å². The molecular weight excluding hydrogens is 276 g/mol. The van der Waals surface area contributed by atoms with E-state index in [1.165, 1.54) is 25.7 Å². The Morgan fingerprint density at radius 1 is 1.40 bits per heavy atom. The Hall–Kier alpha value is -0.320. The van der Waals surface area contributed by atoms with Gasteiger partial charge in [0.05, 0.1) is 6.10 Å². The second-order valence-corrected chi connectivity index (χ2v) is 6.39. The molecule has 2 heterocycles. The fourth-order valence-electron chi connectivity index (χ4n) is 3.00. The molecule has 0 aromatic carbocycles. The van der Waals surface area contributed by atoms with Crippen LogP contribution in [0.5, 0.6) is 0 Å². The van der Waals surface area contributed by atoms with Gasteiger partial charge in [-0.05, 0) is 50.5 Å². The lowest BCUT2D eigenvalue weighted by Gasteiger charge is -2.34. The normalized spacial score (nSPS) is 30.4. The summed E-state index contributed by atoms with van der Waals surface area (Å²) in [4.78, 5) is 11.9. The van der Waals surface area contributed by atoms with Gasteiger partial charge in [0.1, 0.15) is 0 Å². The van der Waals surface area contributed by atoms with Crippen LogP contribution in [0.2, 0.25) is 0 Å². The Labute approximate surface area is 128 Å². The van der Waals surface area contributed by atoms with Gasteiger partial charge in [0.15, 0.2) is 0 Å². The van der Waals surface area contributed by atoms with Crippen molar-refractivity contribution in [1.29, 1.82) is 0 Å². The minimum absolute atomic E-state index is 0. The predicted octanol–water partition coefficient (Wildman–Crippen LogP) is 2.26. The second kappa shape index (κ2) is 8.85. The van der Waals surface area contributed by atoms with Crippen molar-refractivity contribution in [1.82, 2.24) is 10.6 Å². The number of rotatable bonds is 5. The summed E-state index contributed by atoms with van der Waals surface area (Å²) in [5.41, 5.74) is 0.231. The molecule has 4 nitrogen and oxygen atoms in total. The molecular formula is C15H29ClN2O2. The van der Waals surface area contributed by atoms with Gasteiger partial charge in [0, 0.05) is 26.1 Å².